The topological polar surface area (TPSA) is 34.9 Å². The Morgan fingerprint density at radius 2 is 2.40 bits per heavy atom. The monoisotopic (exact) mass is 226 g/mol. The fraction of sp³-hybridized carbons (Fsp3) is 0.636. The summed E-state index contributed by atoms with van der Waals surface area (Å²) in [5.41, 5.74) is 1.04. The Kier molecular flexibility index (Phi) is 2.83. The van der Waals surface area contributed by atoms with E-state index in [0.29, 0.717) is 5.15 Å². The maximum Gasteiger partial charge on any atom is 0.150 e. The molecular weight excluding hydrogens is 212 g/mol. The van der Waals surface area contributed by atoms with E-state index in [2.05, 4.69) is 16.5 Å². The normalized spacial score (nSPS) is 20.1. The summed E-state index contributed by atoms with van der Waals surface area (Å²) in [5, 5.41) is 0.581. The van der Waals surface area contributed by atoms with Gasteiger partial charge in [0.05, 0.1) is 5.69 Å². The van der Waals surface area contributed by atoms with E-state index in [9.17, 15) is 4.79 Å². The average Bonchev–Trinajstić information content (AvgIpc) is 2.55. The van der Waals surface area contributed by atoms with Crippen molar-refractivity contribution in [1.29, 1.82) is 0 Å². The number of nitrogens with zero attached hydrogens (tertiary/aromatic N) is 2. The third-order valence-electron chi connectivity index (χ3n) is 3.13. The van der Waals surface area contributed by atoms with Crippen molar-refractivity contribution < 1.29 is 4.79 Å². The van der Waals surface area contributed by atoms with Gasteiger partial charge in [-0.25, -0.2) is 4.98 Å². The molecule has 0 amide bonds. The standard InChI is InChI=1S/C11H15ClN2O/c1-3-10-13-11(12)9-6-8(7(2)15)4-5-14(9)10/h8H,3-6H2,1-2H3. The van der Waals surface area contributed by atoms with Gasteiger partial charge < -0.3 is 4.57 Å². The summed E-state index contributed by atoms with van der Waals surface area (Å²) in [4.78, 5) is 15.6. The van der Waals surface area contributed by atoms with Crippen molar-refractivity contribution >= 4 is 17.4 Å². The molecule has 0 radical (unpaired) electrons. The van der Waals surface area contributed by atoms with Crippen molar-refractivity contribution in [2.24, 2.45) is 5.92 Å². The van der Waals surface area contributed by atoms with E-state index in [4.69, 9.17) is 11.6 Å². The maximum absolute atomic E-state index is 11.3. The predicted octanol–water partition coefficient (Wildman–Crippen LogP) is 2.25. The summed E-state index contributed by atoms with van der Waals surface area (Å²) >= 11 is 6.07. The molecule has 2 heterocycles. The first-order chi connectivity index (χ1) is 7.13. The molecule has 0 spiro atoms. The first-order valence-electron chi connectivity index (χ1n) is 5.37. The van der Waals surface area contributed by atoms with Crippen LogP contribution >= 0.6 is 11.6 Å². The van der Waals surface area contributed by atoms with E-state index >= 15 is 0 Å². The number of hydrogen-bond acceptors (Lipinski definition) is 2. The van der Waals surface area contributed by atoms with Gasteiger partial charge in [0.25, 0.3) is 0 Å². The molecule has 1 aliphatic heterocycles. The number of aryl methyl sites for hydroxylation is 1. The molecule has 1 unspecified atom stereocenters. The van der Waals surface area contributed by atoms with E-state index in [1.165, 1.54) is 0 Å². The molecule has 1 aromatic heterocycles. The number of hydrogen-bond donors (Lipinski definition) is 0. The quantitative estimate of drug-likeness (QED) is 0.775. The molecular formula is C11H15ClN2O. The Balaban J connectivity index is 2.33. The molecule has 1 aliphatic rings. The third-order valence-corrected chi connectivity index (χ3v) is 3.44. The Labute approximate surface area is 94.4 Å². The number of carbonyl (C=O) groups is 1. The van der Waals surface area contributed by atoms with Crippen LogP contribution in [0.15, 0.2) is 0 Å². The van der Waals surface area contributed by atoms with Crippen LogP contribution in [0.25, 0.3) is 0 Å². The highest BCUT2D eigenvalue weighted by atomic mass is 35.5. The molecule has 3 nitrogen and oxygen atoms in total. The first-order valence-corrected chi connectivity index (χ1v) is 5.75. The van der Waals surface area contributed by atoms with Gasteiger partial charge in [-0.1, -0.05) is 18.5 Å². The Hall–Kier alpha value is -0.830. The molecule has 0 N–H and O–H groups in total. The molecule has 0 fully saturated rings. The number of Topliss-reactive ketones (excluding diaryl/α,β-unsaturated/α-hetero) is 1. The van der Waals surface area contributed by atoms with Crippen LogP contribution in [0.4, 0.5) is 0 Å². The van der Waals surface area contributed by atoms with Gasteiger partial charge in [0, 0.05) is 25.3 Å². The number of rotatable bonds is 2. The summed E-state index contributed by atoms with van der Waals surface area (Å²) in [6.45, 7) is 4.61. The minimum Gasteiger partial charge on any atom is -0.331 e. The molecule has 1 atom stereocenters. The number of fused-ring (bicyclic) bond motifs is 1. The van der Waals surface area contributed by atoms with E-state index in [-0.39, 0.29) is 11.7 Å². The molecule has 2 rings (SSSR count). The number of imidazole rings is 1. The van der Waals surface area contributed by atoms with Crippen molar-refractivity contribution in [2.75, 3.05) is 0 Å². The third kappa shape index (κ3) is 1.81. The van der Waals surface area contributed by atoms with Crippen LogP contribution in [0, 0.1) is 5.92 Å². The highest BCUT2D eigenvalue weighted by Crippen LogP contribution is 2.28. The molecule has 82 valence electrons. The molecule has 0 bridgehead atoms. The SMILES string of the molecule is CCc1nc(Cl)c2n1CCC(C(C)=O)C2. The van der Waals surface area contributed by atoms with Gasteiger partial charge in [-0.05, 0) is 13.3 Å². The van der Waals surface area contributed by atoms with Gasteiger partial charge in [0.15, 0.2) is 5.15 Å². The lowest BCUT2D eigenvalue weighted by Crippen LogP contribution is -2.24. The zero-order valence-electron chi connectivity index (χ0n) is 9.09. The summed E-state index contributed by atoms with van der Waals surface area (Å²) in [7, 11) is 0. The minimum absolute atomic E-state index is 0.136. The van der Waals surface area contributed by atoms with Crippen LogP contribution in [0.5, 0.6) is 0 Å². The Bertz CT molecular complexity index is 398. The molecule has 1 aromatic rings. The van der Waals surface area contributed by atoms with Crippen LogP contribution in [-0.4, -0.2) is 15.3 Å². The van der Waals surface area contributed by atoms with Crippen molar-refractivity contribution in [3.05, 3.63) is 16.7 Å². The maximum atomic E-state index is 11.3. The van der Waals surface area contributed by atoms with Crippen molar-refractivity contribution in [3.63, 3.8) is 0 Å². The number of ketones is 1. The molecule has 15 heavy (non-hydrogen) atoms. The fourth-order valence-electron chi connectivity index (χ4n) is 2.20. The molecule has 0 aromatic carbocycles. The summed E-state index contributed by atoms with van der Waals surface area (Å²) in [6, 6.07) is 0. The zero-order valence-corrected chi connectivity index (χ0v) is 9.84. The molecule has 0 saturated carbocycles. The van der Waals surface area contributed by atoms with Crippen LogP contribution in [0.1, 0.15) is 31.8 Å². The second-order valence-corrected chi connectivity index (χ2v) is 4.43. The van der Waals surface area contributed by atoms with Crippen LogP contribution < -0.4 is 0 Å². The molecule has 0 saturated heterocycles. The van der Waals surface area contributed by atoms with E-state index in [1.807, 2.05) is 0 Å². The second kappa shape index (κ2) is 3.97. The number of aromatic nitrogens is 2. The van der Waals surface area contributed by atoms with Crippen LogP contribution in [0.2, 0.25) is 5.15 Å². The lowest BCUT2D eigenvalue weighted by Gasteiger charge is -2.22. The van der Waals surface area contributed by atoms with E-state index in [1.54, 1.807) is 6.92 Å². The van der Waals surface area contributed by atoms with Gasteiger partial charge in [0.1, 0.15) is 11.6 Å². The summed E-state index contributed by atoms with van der Waals surface area (Å²) in [5.74, 6) is 1.44. The lowest BCUT2D eigenvalue weighted by atomic mass is 9.93. The van der Waals surface area contributed by atoms with E-state index < -0.39 is 0 Å². The molecule has 4 heteroatoms. The predicted molar refractivity (Wildman–Crippen MR) is 59.1 cm³/mol. The van der Waals surface area contributed by atoms with Gasteiger partial charge >= 0.3 is 0 Å². The highest BCUT2D eigenvalue weighted by Gasteiger charge is 2.26. The van der Waals surface area contributed by atoms with Crippen molar-refractivity contribution in [1.82, 2.24) is 9.55 Å². The Morgan fingerprint density at radius 3 is 3.00 bits per heavy atom. The summed E-state index contributed by atoms with van der Waals surface area (Å²) in [6.07, 6.45) is 2.56. The Morgan fingerprint density at radius 1 is 1.67 bits per heavy atom. The smallest absolute Gasteiger partial charge is 0.150 e. The lowest BCUT2D eigenvalue weighted by molar-refractivity contribution is -0.121. The highest BCUT2D eigenvalue weighted by molar-refractivity contribution is 6.30. The van der Waals surface area contributed by atoms with Crippen LogP contribution in [-0.2, 0) is 24.2 Å². The minimum atomic E-state index is 0.136. The van der Waals surface area contributed by atoms with Gasteiger partial charge in [0.2, 0.25) is 0 Å². The molecule has 0 aliphatic carbocycles. The van der Waals surface area contributed by atoms with E-state index in [0.717, 1.165) is 37.3 Å². The fourth-order valence-corrected chi connectivity index (χ4v) is 2.48. The first kappa shape index (κ1) is 10.7. The average molecular weight is 227 g/mol. The van der Waals surface area contributed by atoms with Crippen molar-refractivity contribution in [3.8, 4) is 0 Å². The van der Waals surface area contributed by atoms with Gasteiger partial charge in [-0.2, -0.15) is 0 Å². The second-order valence-electron chi connectivity index (χ2n) is 4.07. The summed E-state index contributed by atoms with van der Waals surface area (Å²) < 4.78 is 2.17. The zero-order chi connectivity index (χ0) is 11.0. The number of carbonyl (C=O) groups excluding carboxylic acids is 1. The van der Waals surface area contributed by atoms with Gasteiger partial charge in [-0.15, -0.1) is 0 Å². The van der Waals surface area contributed by atoms with Crippen molar-refractivity contribution in [2.45, 2.75) is 39.7 Å². The van der Waals surface area contributed by atoms with Gasteiger partial charge in [-0.3, -0.25) is 4.79 Å². The largest absolute Gasteiger partial charge is 0.331 e. The number of halogens is 1. The van der Waals surface area contributed by atoms with Crippen LogP contribution in [0.3, 0.4) is 0 Å².